The Morgan fingerprint density at radius 3 is 2.41 bits per heavy atom. The van der Waals surface area contributed by atoms with E-state index in [0.29, 0.717) is 56.3 Å². The van der Waals surface area contributed by atoms with Crippen molar-refractivity contribution in [3.63, 3.8) is 0 Å². The van der Waals surface area contributed by atoms with Crippen molar-refractivity contribution in [2.75, 3.05) is 52.9 Å². The third kappa shape index (κ3) is 8.78. The molecule has 210 valence electrons. The topological polar surface area (TPSA) is 93.5 Å². The van der Waals surface area contributed by atoms with Gasteiger partial charge in [-0.1, -0.05) is 31.2 Å². The molecular weight excluding hydrogens is 498 g/mol. The van der Waals surface area contributed by atoms with E-state index in [1.54, 1.807) is 43.5 Å². The van der Waals surface area contributed by atoms with Gasteiger partial charge in [-0.2, -0.15) is 0 Å². The van der Waals surface area contributed by atoms with Crippen molar-refractivity contribution in [3.8, 4) is 11.5 Å². The number of aryl methyl sites for hydroxylation is 1. The van der Waals surface area contributed by atoms with E-state index >= 15 is 0 Å². The van der Waals surface area contributed by atoms with Crippen LogP contribution in [0, 0.1) is 0 Å². The molecule has 3 aromatic rings. The summed E-state index contributed by atoms with van der Waals surface area (Å²) in [5.41, 5.74) is 2.77. The number of nitrogens with zero attached hydrogens (tertiary/aromatic N) is 2. The second kappa shape index (κ2) is 15.4. The summed E-state index contributed by atoms with van der Waals surface area (Å²) < 4.78 is 21.5. The monoisotopic (exact) mass is 537 g/mol. The lowest BCUT2D eigenvalue weighted by Gasteiger charge is -2.28. The molecule has 3 amide bonds. The highest BCUT2D eigenvalue weighted by atomic mass is 16.5. The zero-order chi connectivity index (χ0) is 28.0. The summed E-state index contributed by atoms with van der Waals surface area (Å²) in [6, 6.07) is 16.7. The maximum atomic E-state index is 13.6. The number of carbonyl (C=O) groups excluding carboxylic acids is 2. The van der Waals surface area contributed by atoms with Crippen LogP contribution in [0.5, 0.6) is 11.5 Å². The van der Waals surface area contributed by atoms with Crippen molar-refractivity contribution in [3.05, 3.63) is 77.7 Å². The zero-order valence-corrected chi connectivity index (χ0v) is 23.3. The number of carbonyl (C=O) groups is 2. The minimum Gasteiger partial charge on any atom is -0.493 e. The number of methoxy groups -OCH3 is 3. The van der Waals surface area contributed by atoms with Crippen molar-refractivity contribution >= 4 is 17.6 Å². The molecule has 0 aliphatic carbocycles. The maximum absolute atomic E-state index is 13.6. The lowest BCUT2D eigenvalue weighted by atomic mass is 10.1. The summed E-state index contributed by atoms with van der Waals surface area (Å²) in [4.78, 5) is 30.2. The SMILES string of the molecule is CCc1ccccc1NC(=O)N(CCCOC)CC(=O)N(CCc1ccc(OC)c(OC)c1)Cc1ccco1. The highest BCUT2D eigenvalue weighted by Crippen LogP contribution is 2.28. The third-order valence-electron chi connectivity index (χ3n) is 6.43. The maximum Gasteiger partial charge on any atom is 0.322 e. The standard InChI is InChI=1S/C30H39N3O6/c1-5-24-10-6-7-12-26(24)31-30(35)33(16-9-18-36-2)22-29(34)32(21-25-11-8-19-39-25)17-15-23-13-14-27(37-3)28(20-23)38-4/h6-8,10-14,19-20H,5,9,15-18,21-22H2,1-4H3,(H,31,35). The number of amides is 3. The summed E-state index contributed by atoms with van der Waals surface area (Å²) in [5, 5.41) is 2.99. The number of hydrogen-bond donors (Lipinski definition) is 1. The van der Waals surface area contributed by atoms with Crippen LogP contribution >= 0.6 is 0 Å². The predicted molar refractivity (Wildman–Crippen MR) is 150 cm³/mol. The van der Waals surface area contributed by atoms with Crippen molar-refractivity contribution in [2.24, 2.45) is 0 Å². The average molecular weight is 538 g/mol. The summed E-state index contributed by atoms with van der Waals surface area (Å²) in [7, 11) is 4.81. The van der Waals surface area contributed by atoms with Gasteiger partial charge < -0.3 is 33.7 Å². The average Bonchev–Trinajstić information content (AvgIpc) is 3.48. The normalized spacial score (nSPS) is 10.7. The number of furan rings is 1. The Balaban J connectivity index is 1.75. The predicted octanol–water partition coefficient (Wildman–Crippen LogP) is 5.00. The summed E-state index contributed by atoms with van der Waals surface area (Å²) >= 11 is 0. The van der Waals surface area contributed by atoms with Gasteiger partial charge in [0.05, 0.1) is 27.0 Å². The summed E-state index contributed by atoms with van der Waals surface area (Å²) in [6.45, 7) is 3.56. The summed E-state index contributed by atoms with van der Waals surface area (Å²) in [5.74, 6) is 1.77. The van der Waals surface area contributed by atoms with E-state index in [1.807, 2.05) is 55.5 Å². The van der Waals surface area contributed by atoms with Crippen molar-refractivity contribution in [1.29, 1.82) is 0 Å². The largest absolute Gasteiger partial charge is 0.493 e. The van der Waals surface area contributed by atoms with Gasteiger partial charge in [-0.15, -0.1) is 0 Å². The Kier molecular flexibility index (Phi) is 11.7. The Hall–Kier alpha value is -3.98. The van der Waals surface area contributed by atoms with E-state index in [9.17, 15) is 9.59 Å². The molecule has 1 N–H and O–H groups in total. The first-order valence-corrected chi connectivity index (χ1v) is 13.1. The molecule has 0 bridgehead atoms. The molecule has 2 aromatic carbocycles. The molecule has 39 heavy (non-hydrogen) atoms. The molecule has 0 spiro atoms. The molecule has 0 unspecified atom stereocenters. The Morgan fingerprint density at radius 2 is 1.72 bits per heavy atom. The van der Waals surface area contributed by atoms with Crippen molar-refractivity contribution in [2.45, 2.75) is 32.7 Å². The van der Waals surface area contributed by atoms with E-state index < -0.39 is 0 Å². The number of benzene rings is 2. The third-order valence-corrected chi connectivity index (χ3v) is 6.43. The van der Waals surface area contributed by atoms with Gasteiger partial charge in [0.2, 0.25) is 5.91 Å². The zero-order valence-electron chi connectivity index (χ0n) is 23.3. The van der Waals surface area contributed by atoms with Crippen LogP contribution in [0.1, 0.15) is 30.2 Å². The van der Waals surface area contributed by atoms with Crippen LogP contribution in [0.4, 0.5) is 10.5 Å². The molecule has 0 aliphatic rings. The van der Waals surface area contributed by atoms with Crippen LogP contribution in [-0.2, 0) is 28.9 Å². The molecule has 3 rings (SSSR count). The molecule has 0 atom stereocenters. The molecule has 1 heterocycles. The van der Waals surface area contributed by atoms with Gasteiger partial charge in [-0.3, -0.25) is 4.79 Å². The second-order valence-electron chi connectivity index (χ2n) is 9.04. The van der Waals surface area contributed by atoms with Crippen LogP contribution in [0.3, 0.4) is 0 Å². The highest BCUT2D eigenvalue weighted by Gasteiger charge is 2.23. The first-order valence-electron chi connectivity index (χ1n) is 13.1. The molecular formula is C30H39N3O6. The number of rotatable bonds is 15. The number of urea groups is 1. The van der Waals surface area contributed by atoms with E-state index in [2.05, 4.69) is 5.32 Å². The van der Waals surface area contributed by atoms with E-state index in [0.717, 1.165) is 23.2 Å². The van der Waals surface area contributed by atoms with E-state index in [-0.39, 0.29) is 18.5 Å². The highest BCUT2D eigenvalue weighted by molar-refractivity contribution is 5.93. The first-order chi connectivity index (χ1) is 19.0. The minimum absolute atomic E-state index is 0.0729. The van der Waals surface area contributed by atoms with Crippen LogP contribution in [0.15, 0.2) is 65.3 Å². The van der Waals surface area contributed by atoms with Crippen molar-refractivity contribution < 1.29 is 28.2 Å². The molecule has 0 fully saturated rings. The fraction of sp³-hybridized carbons (Fsp3) is 0.400. The van der Waals surface area contributed by atoms with Crippen molar-refractivity contribution in [1.82, 2.24) is 9.80 Å². The lowest BCUT2D eigenvalue weighted by Crippen LogP contribution is -2.45. The smallest absolute Gasteiger partial charge is 0.322 e. The number of anilines is 1. The fourth-order valence-electron chi connectivity index (χ4n) is 4.24. The minimum atomic E-state index is -0.321. The Morgan fingerprint density at radius 1 is 0.923 bits per heavy atom. The van der Waals surface area contributed by atoms with Gasteiger partial charge in [0.15, 0.2) is 11.5 Å². The van der Waals surface area contributed by atoms with Gasteiger partial charge in [-0.05, 0) is 60.7 Å². The first kappa shape index (κ1) is 29.6. The van der Waals surface area contributed by atoms with Gasteiger partial charge in [0, 0.05) is 32.5 Å². The number of nitrogens with one attached hydrogen (secondary N) is 1. The van der Waals surface area contributed by atoms with Gasteiger partial charge >= 0.3 is 6.03 Å². The number of hydrogen-bond acceptors (Lipinski definition) is 6. The quantitative estimate of drug-likeness (QED) is 0.274. The van der Waals surface area contributed by atoms with Gasteiger partial charge in [-0.25, -0.2) is 4.79 Å². The molecule has 0 radical (unpaired) electrons. The lowest BCUT2D eigenvalue weighted by molar-refractivity contribution is -0.132. The molecule has 9 heteroatoms. The number of ether oxygens (including phenoxy) is 3. The molecule has 0 saturated carbocycles. The van der Waals surface area contributed by atoms with Crippen LogP contribution in [0.25, 0.3) is 0 Å². The molecule has 9 nitrogen and oxygen atoms in total. The van der Waals surface area contributed by atoms with Crippen LogP contribution in [0.2, 0.25) is 0 Å². The number of para-hydroxylation sites is 1. The second-order valence-corrected chi connectivity index (χ2v) is 9.04. The van der Waals surface area contributed by atoms with E-state index in [4.69, 9.17) is 18.6 Å². The van der Waals surface area contributed by atoms with Gasteiger partial charge in [0.1, 0.15) is 12.3 Å². The summed E-state index contributed by atoms with van der Waals surface area (Å²) in [6.07, 6.45) is 3.57. The molecule has 1 aromatic heterocycles. The molecule has 0 saturated heterocycles. The van der Waals surface area contributed by atoms with Crippen LogP contribution in [-0.4, -0.2) is 69.3 Å². The Labute approximate surface area is 230 Å². The molecule has 0 aliphatic heterocycles. The Bertz CT molecular complexity index is 1180. The van der Waals surface area contributed by atoms with Gasteiger partial charge in [0.25, 0.3) is 0 Å². The van der Waals surface area contributed by atoms with E-state index in [1.165, 1.54) is 0 Å². The fourth-order valence-corrected chi connectivity index (χ4v) is 4.24. The van der Waals surface area contributed by atoms with Crippen LogP contribution < -0.4 is 14.8 Å².